The predicted octanol–water partition coefficient (Wildman–Crippen LogP) is 1.88. The lowest BCUT2D eigenvalue weighted by Crippen LogP contribution is -2.24. The number of hydrogen-bond donors (Lipinski definition) is 1. The second-order valence-corrected chi connectivity index (χ2v) is 4.59. The molecule has 0 aliphatic rings. The highest BCUT2D eigenvalue weighted by atomic mass is 79.9. The Balaban J connectivity index is 2.70. The molecule has 1 N–H and O–H groups in total. The third-order valence-corrected chi connectivity index (χ3v) is 2.96. The van der Waals surface area contributed by atoms with E-state index >= 15 is 0 Å². The molecule has 1 amide bonds. The number of hydrogen-bond acceptors (Lipinski definition) is 3. The van der Waals surface area contributed by atoms with Crippen molar-refractivity contribution in [2.45, 2.75) is 13.8 Å². The van der Waals surface area contributed by atoms with Crippen molar-refractivity contribution in [3.05, 3.63) is 15.6 Å². The number of nitrogens with one attached hydrogen (secondary N) is 1. The van der Waals surface area contributed by atoms with Gasteiger partial charge in [0.25, 0.3) is 5.91 Å². The Kier molecular flexibility index (Phi) is 3.87. The maximum Gasteiger partial charge on any atom is 0.263 e. The Hall–Kier alpha value is -0.420. The van der Waals surface area contributed by atoms with Gasteiger partial charge in [-0.3, -0.25) is 4.79 Å². The van der Waals surface area contributed by atoms with Crippen LogP contribution in [-0.4, -0.2) is 22.8 Å². The maximum atomic E-state index is 11.5. The van der Waals surface area contributed by atoms with Gasteiger partial charge in [0.05, 0.1) is 10.7 Å². The monoisotopic (exact) mass is 262 g/mol. The smallest absolute Gasteiger partial charge is 0.263 e. The van der Waals surface area contributed by atoms with Gasteiger partial charge in [0.15, 0.2) is 0 Å². The molecule has 1 aromatic heterocycles. The van der Waals surface area contributed by atoms with Gasteiger partial charge >= 0.3 is 0 Å². The Bertz CT molecular complexity index is 311. The van der Waals surface area contributed by atoms with Gasteiger partial charge < -0.3 is 5.32 Å². The lowest BCUT2D eigenvalue weighted by Gasteiger charge is -1.99. The molecule has 1 rings (SSSR count). The highest BCUT2D eigenvalue weighted by molar-refractivity contribution is 9.09. The summed E-state index contributed by atoms with van der Waals surface area (Å²) in [5.41, 5.74) is 0.814. The van der Waals surface area contributed by atoms with Crippen LogP contribution in [0.5, 0.6) is 0 Å². The van der Waals surface area contributed by atoms with Gasteiger partial charge in [-0.2, -0.15) is 0 Å². The molecule has 0 bridgehead atoms. The second kappa shape index (κ2) is 4.72. The van der Waals surface area contributed by atoms with Crippen molar-refractivity contribution in [2.24, 2.45) is 0 Å². The molecule has 0 unspecified atom stereocenters. The Morgan fingerprint density at radius 3 is 2.77 bits per heavy atom. The van der Waals surface area contributed by atoms with Crippen molar-refractivity contribution in [1.29, 1.82) is 0 Å². The first-order valence-corrected chi connectivity index (χ1v) is 5.87. The minimum Gasteiger partial charge on any atom is -0.350 e. The van der Waals surface area contributed by atoms with Crippen molar-refractivity contribution >= 4 is 33.2 Å². The van der Waals surface area contributed by atoms with Crippen LogP contribution in [0.2, 0.25) is 0 Å². The first-order valence-electron chi connectivity index (χ1n) is 3.93. The summed E-state index contributed by atoms with van der Waals surface area (Å²) in [5.74, 6) is -0.0254. The van der Waals surface area contributed by atoms with E-state index in [1.165, 1.54) is 11.3 Å². The Morgan fingerprint density at radius 2 is 2.31 bits per heavy atom. The fourth-order valence-electron chi connectivity index (χ4n) is 0.983. The van der Waals surface area contributed by atoms with Crippen LogP contribution in [0.25, 0.3) is 0 Å². The SMILES string of the molecule is Cc1nc(C)c(C(=O)NCCBr)s1. The van der Waals surface area contributed by atoms with Crippen molar-refractivity contribution in [3.63, 3.8) is 0 Å². The van der Waals surface area contributed by atoms with Crippen LogP contribution in [0.3, 0.4) is 0 Å². The summed E-state index contributed by atoms with van der Waals surface area (Å²) in [6, 6.07) is 0. The third kappa shape index (κ3) is 2.77. The summed E-state index contributed by atoms with van der Waals surface area (Å²) >= 11 is 4.68. The van der Waals surface area contributed by atoms with Gasteiger partial charge in [0.2, 0.25) is 0 Å². The van der Waals surface area contributed by atoms with Gasteiger partial charge in [-0.15, -0.1) is 11.3 Å². The summed E-state index contributed by atoms with van der Waals surface area (Å²) in [5, 5.41) is 4.49. The van der Waals surface area contributed by atoms with Gasteiger partial charge in [0, 0.05) is 11.9 Å². The van der Waals surface area contributed by atoms with E-state index in [-0.39, 0.29) is 5.91 Å². The molecule has 0 radical (unpaired) electrons. The van der Waals surface area contributed by atoms with Crippen LogP contribution in [0.15, 0.2) is 0 Å². The number of aryl methyl sites for hydroxylation is 2. The largest absolute Gasteiger partial charge is 0.350 e. The number of aromatic nitrogens is 1. The van der Waals surface area contributed by atoms with Crippen LogP contribution in [0, 0.1) is 13.8 Å². The maximum absolute atomic E-state index is 11.5. The zero-order chi connectivity index (χ0) is 9.84. The standard InChI is InChI=1S/C8H11BrN2OS/c1-5-7(13-6(2)11-5)8(12)10-4-3-9/h3-4H2,1-2H3,(H,10,12). The minimum atomic E-state index is -0.0254. The molecule has 0 aromatic carbocycles. The first kappa shape index (κ1) is 10.7. The van der Waals surface area contributed by atoms with Gasteiger partial charge in [-0.05, 0) is 13.8 Å². The molecule has 1 heterocycles. The van der Waals surface area contributed by atoms with Crippen molar-refractivity contribution in [1.82, 2.24) is 10.3 Å². The quantitative estimate of drug-likeness (QED) is 0.846. The van der Waals surface area contributed by atoms with E-state index in [1.807, 2.05) is 13.8 Å². The molecule has 0 aliphatic carbocycles. The van der Waals surface area contributed by atoms with Crippen LogP contribution in [-0.2, 0) is 0 Å². The van der Waals surface area contributed by atoms with Crippen LogP contribution in [0.1, 0.15) is 20.4 Å². The average Bonchev–Trinajstić information content (AvgIpc) is 2.41. The second-order valence-electron chi connectivity index (χ2n) is 2.59. The molecule has 0 spiro atoms. The molecule has 5 heteroatoms. The summed E-state index contributed by atoms with van der Waals surface area (Å²) < 4.78 is 0. The molecule has 1 aromatic rings. The predicted molar refractivity (Wildman–Crippen MR) is 57.7 cm³/mol. The van der Waals surface area contributed by atoms with Gasteiger partial charge in [-0.1, -0.05) is 15.9 Å². The molecular weight excluding hydrogens is 252 g/mol. The number of halogens is 1. The van der Waals surface area contributed by atoms with Crippen LogP contribution >= 0.6 is 27.3 Å². The molecule has 3 nitrogen and oxygen atoms in total. The highest BCUT2D eigenvalue weighted by Crippen LogP contribution is 2.16. The number of carbonyl (C=O) groups excluding carboxylic acids is 1. The zero-order valence-corrected chi connectivity index (χ0v) is 9.96. The molecule has 0 fully saturated rings. The van der Waals surface area contributed by atoms with E-state index in [4.69, 9.17) is 0 Å². The highest BCUT2D eigenvalue weighted by Gasteiger charge is 2.12. The fourth-order valence-corrected chi connectivity index (χ4v) is 2.02. The summed E-state index contributed by atoms with van der Waals surface area (Å²) in [7, 11) is 0. The van der Waals surface area contributed by atoms with Crippen molar-refractivity contribution < 1.29 is 4.79 Å². The number of alkyl halides is 1. The van der Waals surface area contributed by atoms with E-state index in [0.717, 1.165) is 20.9 Å². The number of nitrogens with zero attached hydrogens (tertiary/aromatic N) is 1. The lowest BCUT2D eigenvalue weighted by atomic mass is 10.4. The van der Waals surface area contributed by atoms with E-state index in [0.29, 0.717) is 6.54 Å². The average molecular weight is 263 g/mol. The number of rotatable bonds is 3. The minimum absolute atomic E-state index is 0.0254. The van der Waals surface area contributed by atoms with Crippen LogP contribution < -0.4 is 5.32 Å². The molecular formula is C8H11BrN2OS. The lowest BCUT2D eigenvalue weighted by molar-refractivity contribution is 0.0959. The van der Waals surface area contributed by atoms with Gasteiger partial charge in [-0.25, -0.2) is 4.98 Å². The molecule has 0 aliphatic heterocycles. The van der Waals surface area contributed by atoms with E-state index in [2.05, 4.69) is 26.2 Å². The Morgan fingerprint density at radius 1 is 1.62 bits per heavy atom. The van der Waals surface area contributed by atoms with Crippen molar-refractivity contribution in [3.8, 4) is 0 Å². The fraction of sp³-hybridized carbons (Fsp3) is 0.500. The molecule has 0 saturated heterocycles. The first-order chi connectivity index (χ1) is 6.15. The summed E-state index contributed by atoms with van der Waals surface area (Å²) in [6.07, 6.45) is 0. The van der Waals surface area contributed by atoms with E-state index in [9.17, 15) is 4.79 Å². The van der Waals surface area contributed by atoms with Gasteiger partial charge in [0.1, 0.15) is 4.88 Å². The number of thiazole rings is 1. The molecule has 13 heavy (non-hydrogen) atoms. The topological polar surface area (TPSA) is 42.0 Å². The number of amides is 1. The molecule has 0 saturated carbocycles. The number of carbonyl (C=O) groups is 1. The summed E-state index contributed by atoms with van der Waals surface area (Å²) in [6.45, 7) is 4.40. The van der Waals surface area contributed by atoms with E-state index in [1.54, 1.807) is 0 Å². The van der Waals surface area contributed by atoms with E-state index < -0.39 is 0 Å². The van der Waals surface area contributed by atoms with Crippen LogP contribution in [0.4, 0.5) is 0 Å². The zero-order valence-electron chi connectivity index (χ0n) is 7.56. The van der Waals surface area contributed by atoms with Crippen molar-refractivity contribution in [2.75, 3.05) is 11.9 Å². The summed E-state index contributed by atoms with van der Waals surface area (Å²) in [4.78, 5) is 16.4. The third-order valence-electron chi connectivity index (χ3n) is 1.49. The molecule has 0 atom stereocenters. The normalized spacial score (nSPS) is 10.1. The Labute approximate surface area is 89.7 Å². The molecule has 72 valence electrons.